The number of aliphatic hydroxyl groups is 1. The number of hydrogen-bond acceptors (Lipinski definition) is 3. The second-order valence-corrected chi connectivity index (χ2v) is 6.56. The zero-order valence-corrected chi connectivity index (χ0v) is 12.3. The molecule has 1 N–H and O–H groups in total. The summed E-state index contributed by atoms with van der Waals surface area (Å²) in [4.78, 5) is 2.10. The first kappa shape index (κ1) is 12.7. The van der Waals surface area contributed by atoms with Crippen LogP contribution in [0.4, 0.5) is 0 Å². The monoisotopic (exact) mass is 281 g/mol. The molecule has 0 aromatic rings. The summed E-state index contributed by atoms with van der Waals surface area (Å²) in [5.74, 6) is 0.952. The van der Waals surface area contributed by atoms with E-state index in [-0.39, 0.29) is 11.5 Å². The average molecular weight is 281 g/mol. The normalized spacial score (nSPS) is 32.6. The largest absolute Gasteiger partial charge is 0.488 e. The topological polar surface area (TPSA) is 32.7 Å². The van der Waals surface area contributed by atoms with Gasteiger partial charge < -0.3 is 14.7 Å². The van der Waals surface area contributed by atoms with E-state index in [4.69, 9.17) is 4.74 Å². The summed E-state index contributed by atoms with van der Waals surface area (Å²) in [6.45, 7) is 3.63. The number of fused-ring (bicyclic) bond motifs is 1. The van der Waals surface area contributed by atoms with Crippen molar-refractivity contribution in [2.24, 2.45) is 5.41 Å². The summed E-state index contributed by atoms with van der Waals surface area (Å²) in [6.07, 6.45) is 19.3. The van der Waals surface area contributed by atoms with Crippen molar-refractivity contribution in [1.82, 2.24) is 4.90 Å². The highest BCUT2D eigenvalue weighted by Crippen LogP contribution is 2.56. The molecule has 0 bridgehead atoms. The summed E-state index contributed by atoms with van der Waals surface area (Å²) in [7, 11) is 0. The average Bonchev–Trinajstić information content (AvgIpc) is 2.85. The van der Waals surface area contributed by atoms with Gasteiger partial charge in [0.05, 0.1) is 16.7 Å². The number of ether oxygens (including phenoxy) is 1. The highest BCUT2D eigenvalue weighted by molar-refractivity contribution is 5.53. The minimum Gasteiger partial charge on any atom is -0.488 e. The van der Waals surface area contributed by atoms with Crippen LogP contribution in [0.3, 0.4) is 0 Å². The first-order valence-electron chi connectivity index (χ1n) is 7.36. The molecule has 2 unspecified atom stereocenters. The fourth-order valence-electron chi connectivity index (χ4n) is 3.44. The van der Waals surface area contributed by atoms with Crippen molar-refractivity contribution in [1.29, 1.82) is 0 Å². The highest BCUT2D eigenvalue weighted by Gasteiger charge is 2.53. The van der Waals surface area contributed by atoms with Gasteiger partial charge in [0.25, 0.3) is 0 Å². The molecule has 2 atom stereocenters. The van der Waals surface area contributed by atoms with Gasteiger partial charge in [-0.1, -0.05) is 30.4 Å². The molecule has 0 amide bonds. The number of nitrogens with zero attached hydrogens (tertiary/aromatic N) is 1. The third kappa shape index (κ3) is 1.70. The molecule has 1 fully saturated rings. The second kappa shape index (κ2) is 4.01. The van der Waals surface area contributed by atoms with Gasteiger partial charge in [0.15, 0.2) is 0 Å². The zero-order valence-electron chi connectivity index (χ0n) is 12.3. The Balaban J connectivity index is 1.89. The van der Waals surface area contributed by atoms with Gasteiger partial charge in [0.1, 0.15) is 11.9 Å². The molecule has 1 spiro atoms. The summed E-state index contributed by atoms with van der Waals surface area (Å²) in [5, 5.41) is 10.4. The predicted octanol–water partition coefficient (Wildman–Crippen LogP) is 3.15. The van der Waals surface area contributed by atoms with Gasteiger partial charge in [0, 0.05) is 18.8 Å². The molecular formula is C18H19NO2. The van der Waals surface area contributed by atoms with Crippen LogP contribution in [-0.4, -0.2) is 21.7 Å². The Morgan fingerprint density at radius 3 is 2.86 bits per heavy atom. The lowest BCUT2D eigenvalue weighted by Gasteiger charge is -2.37. The molecule has 4 aliphatic rings. The van der Waals surface area contributed by atoms with Crippen LogP contribution < -0.4 is 0 Å². The van der Waals surface area contributed by atoms with E-state index in [1.54, 1.807) is 0 Å². The summed E-state index contributed by atoms with van der Waals surface area (Å²) >= 11 is 0. The first-order chi connectivity index (χ1) is 10.0. The molecule has 4 rings (SSSR count). The van der Waals surface area contributed by atoms with Gasteiger partial charge in [0.2, 0.25) is 0 Å². The third-order valence-corrected chi connectivity index (χ3v) is 4.64. The van der Waals surface area contributed by atoms with Gasteiger partial charge in [-0.15, -0.1) is 0 Å². The van der Waals surface area contributed by atoms with Gasteiger partial charge in [-0.25, -0.2) is 0 Å². The molecule has 0 saturated carbocycles. The van der Waals surface area contributed by atoms with E-state index < -0.39 is 5.60 Å². The lowest BCUT2D eigenvalue weighted by molar-refractivity contribution is -0.0455. The first-order valence-corrected chi connectivity index (χ1v) is 7.36. The van der Waals surface area contributed by atoms with Crippen molar-refractivity contribution in [2.45, 2.75) is 32.0 Å². The second-order valence-electron chi connectivity index (χ2n) is 6.56. The van der Waals surface area contributed by atoms with Crippen LogP contribution in [0, 0.1) is 5.41 Å². The van der Waals surface area contributed by atoms with Gasteiger partial charge >= 0.3 is 0 Å². The van der Waals surface area contributed by atoms with Crippen LogP contribution in [0.25, 0.3) is 0 Å². The van der Waals surface area contributed by atoms with Crippen LogP contribution in [0.15, 0.2) is 72.0 Å². The molecule has 0 radical (unpaired) electrons. The van der Waals surface area contributed by atoms with E-state index in [0.717, 1.165) is 17.9 Å². The Bertz CT molecular complexity index is 670. The lowest BCUT2D eigenvalue weighted by Crippen LogP contribution is -2.36. The molecule has 3 nitrogen and oxygen atoms in total. The van der Waals surface area contributed by atoms with Crippen LogP contribution >= 0.6 is 0 Å². The highest BCUT2D eigenvalue weighted by atomic mass is 16.5. The molecule has 1 saturated heterocycles. The maximum Gasteiger partial charge on any atom is 0.135 e. The molecule has 108 valence electrons. The maximum atomic E-state index is 10.4. The van der Waals surface area contributed by atoms with Crippen molar-refractivity contribution in [3.8, 4) is 0 Å². The Morgan fingerprint density at radius 2 is 2.05 bits per heavy atom. The molecule has 0 aromatic carbocycles. The standard InChI is InChI=1S/C18H19NO2/c1-17(2,20)15-11-18-9-5-3-7-13(18)12-19-10-6-4-8-14(19)16(18)21-15/h3-10,12,15,20H,11H2,1-2H3. The number of allylic oxidation sites excluding steroid dienone is 7. The maximum absolute atomic E-state index is 10.4. The molecular weight excluding hydrogens is 262 g/mol. The molecule has 0 aromatic heterocycles. The molecule has 21 heavy (non-hydrogen) atoms. The predicted molar refractivity (Wildman–Crippen MR) is 81.7 cm³/mol. The quantitative estimate of drug-likeness (QED) is 0.801. The minimum absolute atomic E-state index is 0.209. The fraction of sp³-hybridized carbons (Fsp3) is 0.333. The van der Waals surface area contributed by atoms with E-state index in [0.29, 0.717) is 0 Å². The minimum atomic E-state index is -0.862. The van der Waals surface area contributed by atoms with Crippen molar-refractivity contribution >= 4 is 0 Å². The van der Waals surface area contributed by atoms with Gasteiger partial charge in [-0.2, -0.15) is 0 Å². The Labute approximate surface area is 124 Å². The Morgan fingerprint density at radius 1 is 1.24 bits per heavy atom. The summed E-state index contributed by atoms with van der Waals surface area (Å²) < 4.78 is 6.24. The van der Waals surface area contributed by atoms with Crippen molar-refractivity contribution in [3.63, 3.8) is 0 Å². The zero-order chi connectivity index (χ0) is 14.7. The van der Waals surface area contributed by atoms with Crippen molar-refractivity contribution in [2.75, 3.05) is 0 Å². The number of rotatable bonds is 1. The Kier molecular flexibility index (Phi) is 2.43. The van der Waals surface area contributed by atoms with Crippen molar-refractivity contribution in [3.05, 3.63) is 72.0 Å². The van der Waals surface area contributed by atoms with Crippen LogP contribution in [-0.2, 0) is 4.74 Å². The van der Waals surface area contributed by atoms with E-state index >= 15 is 0 Å². The summed E-state index contributed by atoms with van der Waals surface area (Å²) in [5.41, 5.74) is 1.18. The SMILES string of the molecule is CC(C)(O)C1CC23C=CC=CC2=CN2C=CC=CC2=C3O1. The van der Waals surface area contributed by atoms with E-state index in [2.05, 4.69) is 41.5 Å². The summed E-state index contributed by atoms with van der Waals surface area (Å²) in [6, 6.07) is 0. The molecule has 3 heteroatoms. The van der Waals surface area contributed by atoms with E-state index in [1.807, 2.05) is 32.2 Å². The third-order valence-electron chi connectivity index (χ3n) is 4.64. The van der Waals surface area contributed by atoms with Crippen molar-refractivity contribution < 1.29 is 9.84 Å². The van der Waals surface area contributed by atoms with Gasteiger partial charge in [-0.3, -0.25) is 0 Å². The van der Waals surface area contributed by atoms with Crippen LogP contribution in [0.5, 0.6) is 0 Å². The molecule has 3 aliphatic heterocycles. The van der Waals surface area contributed by atoms with E-state index in [1.165, 1.54) is 5.57 Å². The molecule has 1 aliphatic carbocycles. The molecule has 3 heterocycles. The van der Waals surface area contributed by atoms with Crippen LogP contribution in [0.2, 0.25) is 0 Å². The van der Waals surface area contributed by atoms with Gasteiger partial charge in [-0.05, 0) is 31.6 Å². The lowest BCUT2D eigenvalue weighted by atomic mass is 9.70. The fourth-order valence-corrected chi connectivity index (χ4v) is 3.44. The van der Waals surface area contributed by atoms with E-state index in [9.17, 15) is 5.11 Å². The Hall–Kier alpha value is -2.00. The van der Waals surface area contributed by atoms with Crippen LogP contribution in [0.1, 0.15) is 20.3 Å². The number of hydrogen-bond donors (Lipinski definition) is 1. The smallest absolute Gasteiger partial charge is 0.135 e.